The van der Waals surface area contributed by atoms with Crippen molar-refractivity contribution < 1.29 is 37.1 Å². The molecule has 12 heteroatoms. The zero-order chi connectivity index (χ0) is 28.2. The highest BCUT2D eigenvalue weighted by Crippen LogP contribution is 2.48. The number of carboxylic acid groups (broad SMARTS) is 1. The van der Waals surface area contributed by atoms with E-state index in [0.717, 1.165) is 31.0 Å². The summed E-state index contributed by atoms with van der Waals surface area (Å²) < 4.78 is 59.7. The second-order valence-electron chi connectivity index (χ2n) is 9.59. The summed E-state index contributed by atoms with van der Waals surface area (Å²) in [5, 5.41) is 14.3. The van der Waals surface area contributed by atoms with Gasteiger partial charge in [0, 0.05) is 29.5 Å². The molecular formula is C28H19Cl2F3N2O5. The number of hydrogen-bond donors (Lipinski definition) is 1. The molecule has 1 atom stereocenters. The van der Waals surface area contributed by atoms with Gasteiger partial charge in [0.1, 0.15) is 29.6 Å². The molecule has 0 spiro atoms. The summed E-state index contributed by atoms with van der Waals surface area (Å²) >= 11 is 12.8. The fourth-order valence-electron chi connectivity index (χ4n) is 4.74. The Bertz CT molecular complexity index is 1610. The topological polar surface area (TPSA) is 94.7 Å². The van der Waals surface area contributed by atoms with Crippen molar-refractivity contribution in [2.45, 2.75) is 43.9 Å². The minimum absolute atomic E-state index is 0.0232. The van der Waals surface area contributed by atoms with Gasteiger partial charge in [0.15, 0.2) is 0 Å². The number of halogens is 5. The van der Waals surface area contributed by atoms with Crippen molar-refractivity contribution in [2.75, 3.05) is 0 Å². The minimum atomic E-state index is -4.63. The number of rotatable bonds is 6. The van der Waals surface area contributed by atoms with Gasteiger partial charge in [0.25, 0.3) is 0 Å². The maximum atomic E-state index is 14.1. The molecular weight excluding hydrogens is 572 g/mol. The van der Waals surface area contributed by atoms with E-state index in [4.69, 9.17) is 37.2 Å². The molecule has 2 aromatic heterocycles. The minimum Gasteiger partial charge on any atom is -0.478 e. The van der Waals surface area contributed by atoms with Crippen LogP contribution < -0.4 is 9.47 Å². The molecule has 206 valence electrons. The molecule has 1 N–H and O–H groups in total. The van der Waals surface area contributed by atoms with Crippen LogP contribution in [-0.2, 0) is 13.0 Å². The number of alkyl halides is 3. The summed E-state index contributed by atoms with van der Waals surface area (Å²) in [5.41, 5.74) is 1.22. The highest BCUT2D eigenvalue weighted by Gasteiger charge is 2.44. The van der Waals surface area contributed by atoms with E-state index in [-0.39, 0.29) is 46.7 Å². The van der Waals surface area contributed by atoms with E-state index >= 15 is 0 Å². The van der Waals surface area contributed by atoms with Crippen molar-refractivity contribution in [3.8, 4) is 28.6 Å². The van der Waals surface area contributed by atoms with Crippen LogP contribution in [0.2, 0.25) is 10.0 Å². The van der Waals surface area contributed by atoms with Gasteiger partial charge in [-0.1, -0.05) is 40.5 Å². The van der Waals surface area contributed by atoms with Crippen LogP contribution in [0.25, 0.3) is 11.3 Å². The number of benzene rings is 2. The average Bonchev–Trinajstić information content (AvgIpc) is 3.69. The van der Waals surface area contributed by atoms with E-state index in [0.29, 0.717) is 32.6 Å². The largest absolute Gasteiger partial charge is 0.478 e. The Morgan fingerprint density at radius 3 is 2.50 bits per heavy atom. The smallest absolute Gasteiger partial charge is 0.396 e. The number of pyridine rings is 1. The van der Waals surface area contributed by atoms with E-state index < -0.39 is 24.5 Å². The molecule has 7 nitrogen and oxygen atoms in total. The van der Waals surface area contributed by atoms with Gasteiger partial charge in [-0.05, 0) is 43.2 Å². The predicted molar refractivity (Wildman–Crippen MR) is 138 cm³/mol. The van der Waals surface area contributed by atoms with Gasteiger partial charge in [0.2, 0.25) is 5.88 Å². The number of carboxylic acids is 1. The van der Waals surface area contributed by atoms with Crippen molar-refractivity contribution in [2.24, 2.45) is 0 Å². The third-order valence-electron chi connectivity index (χ3n) is 6.89. The van der Waals surface area contributed by atoms with Crippen molar-refractivity contribution in [3.63, 3.8) is 0 Å². The predicted octanol–water partition coefficient (Wildman–Crippen LogP) is 8.19. The highest BCUT2D eigenvalue weighted by atomic mass is 35.5. The van der Waals surface area contributed by atoms with E-state index in [9.17, 15) is 23.1 Å². The number of hydrogen-bond acceptors (Lipinski definition) is 6. The maximum Gasteiger partial charge on any atom is 0.396 e. The molecule has 4 aromatic rings. The van der Waals surface area contributed by atoms with Gasteiger partial charge in [-0.15, -0.1) is 0 Å². The lowest BCUT2D eigenvalue weighted by Crippen LogP contribution is -2.23. The van der Waals surface area contributed by atoms with Crippen LogP contribution in [0.5, 0.6) is 17.4 Å². The van der Waals surface area contributed by atoms with Crippen LogP contribution in [0.1, 0.15) is 57.6 Å². The van der Waals surface area contributed by atoms with Gasteiger partial charge in [0.05, 0.1) is 32.8 Å². The van der Waals surface area contributed by atoms with Crippen LogP contribution in [0.3, 0.4) is 0 Å². The van der Waals surface area contributed by atoms with Gasteiger partial charge in [-0.3, -0.25) is 0 Å². The summed E-state index contributed by atoms with van der Waals surface area (Å²) in [6, 6.07) is 11.3. The SMILES string of the molecule is O=C(O)c1ccc2c(c1)Oc1ccc(OCc3c(-c4c(Cl)cccc4Cl)noc3C3CC3)nc1C[C@@H]2C(F)(F)F. The molecule has 0 bridgehead atoms. The molecule has 2 aromatic carbocycles. The molecule has 1 saturated carbocycles. The maximum absolute atomic E-state index is 14.1. The van der Waals surface area contributed by atoms with Crippen LogP contribution in [0.4, 0.5) is 13.2 Å². The van der Waals surface area contributed by atoms with E-state index in [1.807, 2.05) is 0 Å². The first-order valence-corrected chi connectivity index (χ1v) is 13.0. The number of ether oxygens (including phenoxy) is 2. The Morgan fingerprint density at radius 2 is 1.82 bits per heavy atom. The summed E-state index contributed by atoms with van der Waals surface area (Å²) in [5.74, 6) is -2.45. The standard InChI is InChI=1S/C28H19Cl2F3N2O5/c29-18-2-1-3-19(30)24(18)25-16(26(40-35-25)13-4-5-13)12-38-23-9-8-21-20(34-23)11-17(28(31,32)33)15-7-6-14(27(36)37)10-22(15)39-21/h1-3,6-10,13,17H,4-5,11-12H2,(H,36,37)/t17-/m0/s1. The molecule has 3 heterocycles. The van der Waals surface area contributed by atoms with Gasteiger partial charge in [-0.25, -0.2) is 9.78 Å². The zero-order valence-electron chi connectivity index (χ0n) is 20.5. The van der Waals surface area contributed by atoms with Crippen molar-refractivity contribution in [1.29, 1.82) is 0 Å². The lowest BCUT2D eigenvalue weighted by atomic mass is 9.92. The first-order chi connectivity index (χ1) is 19.1. The van der Waals surface area contributed by atoms with E-state index in [1.165, 1.54) is 12.1 Å². The van der Waals surface area contributed by atoms with Crippen LogP contribution >= 0.6 is 23.2 Å². The average molecular weight is 591 g/mol. The number of aromatic nitrogens is 2. The van der Waals surface area contributed by atoms with Crippen molar-refractivity contribution in [3.05, 3.63) is 86.7 Å². The third kappa shape index (κ3) is 4.97. The first-order valence-electron chi connectivity index (χ1n) is 12.3. The normalized spacial score (nSPS) is 16.5. The van der Waals surface area contributed by atoms with E-state index in [1.54, 1.807) is 18.2 Å². The Labute approximate surface area is 235 Å². The molecule has 0 radical (unpaired) electrons. The van der Waals surface area contributed by atoms with Crippen molar-refractivity contribution in [1.82, 2.24) is 10.1 Å². The zero-order valence-corrected chi connectivity index (χ0v) is 22.0. The Balaban J connectivity index is 1.33. The van der Waals surface area contributed by atoms with Gasteiger partial charge in [-0.2, -0.15) is 13.2 Å². The molecule has 0 amide bonds. The summed E-state index contributed by atoms with van der Waals surface area (Å²) in [4.78, 5) is 15.7. The first kappa shape index (κ1) is 26.5. The number of carbonyl (C=O) groups is 1. The van der Waals surface area contributed by atoms with E-state index in [2.05, 4.69) is 10.1 Å². The second kappa shape index (κ2) is 10.0. The summed E-state index contributed by atoms with van der Waals surface area (Å²) in [7, 11) is 0. The monoisotopic (exact) mass is 590 g/mol. The fourth-order valence-corrected chi connectivity index (χ4v) is 5.32. The molecule has 6 rings (SSSR count). The Kier molecular flexibility index (Phi) is 6.62. The molecule has 1 fully saturated rings. The number of fused-ring (bicyclic) bond motifs is 2. The Morgan fingerprint density at radius 1 is 1.07 bits per heavy atom. The molecule has 2 aliphatic rings. The second-order valence-corrected chi connectivity index (χ2v) is 10.4. The summed E-state index contributed by atoms with van der Waals surface area (Å²) in [6.45, 7) is -0.0379. The van der Waals surface area contributed by atoms with Crippen LogP contribution in [0.15, 0.2) is 53.1 Å². The third-order valence-corrected chi connectivity index (χ3v) is 7.52. The van der Waals surface area contributed by atoms with Gasteiger partial charge < -0.3 is 19.1 Å². The highest BCUT2D eigenvalue weighted by molar-refractivity contribution is 6.39. The lowest BCUT2D eigenvalue weighted by molar-refractivity contribution is -0.150. The molecule has 1 aliphatic heterocycles. The van der Waals surface area contributed by atoms with Gasteiger partial charge >= 0.3 is 12.1 Å². The lowest BCUT2D eigenvalue weighted by Gasteiger charge is -2.20. The van der Waals surface area contributed by atoms with Crippen LogP contribution in [0, 0.1) is 0 Å². The fraction of sp³-hybridized carbons (Fsp3) is 0.250. The van der Waals surface area contributed by atoms with Crippen LogP contribution in [-0.4, -0.2) is 27.4 Å². The quantitative estimate of drug-likeness (QED) is 0.242. The summed E-state index contributed by atoms with van der Waals surface area (Å²) in [6.07, 6.45) is -3.30. The number of aromatic carboxylic acids is 1. The molecule has 40 heavy (non-hydrogen) atoms. The Hall–Kier alpha value is -3.76. The molecule has 0 saturated heterocycles. The molecule has 0 unspecified atom stereocenters. The number of nitrogens with zero attached hydrogens (tertiary/aromatic N) is 2. The van der Waals surface area contributed by atoms with Crippen molar-refractivity contribution >= 4 is 29.2 Å². The molecule has 1 aliphatic carbocycles.